The maximum atomic E-state index is 13.3. The van der Waals surface area contributed by atoms with Crippen LogP contribution in [0.15, 0.2) is 42.5 Å². The second kappa shape index (κ2) is 16.8. The van der Waals surface area contributed by atoms with Crippen molar-refractivity contribution in [3.8, 4) is 0 Å². The quantitative estimate of drug-likeness (QED) is 0.261. The number of allylic oxidation sites excluding steroid dienone is 2. The Morgan fingerprint density at radius 1 is 1.17 bits per heavy atom. The summed E-state index contributed by atoms with van der Waals surface area (Å²) < 4.78 is 16.3. The Balaban J connectivity index is 2.18. The van der Waals surface area contributed by atoms with E-state index in [1.165, 1.54) is 7.11 Å². The SMILES string of the molecule is COCC1NC(=O)C(CC(=O)NCCOCCO)CC=CCCCCC(=O)OC1c1ccccc1. The number of methoxy groups -OCH3 is 1. The molecule has 1 aliphatic rings. The molecule has 9 heteroatoms. The van der Waals surface area contributed by atoms with E-state index in [2.05, 4.69) is 10.6 Å². The lowest BCUT2D eigenvalue weighted by Crippen LogP contribution is -2.47. The number of amides is 2. The van der Waals surface area contributed by atoms with Crippen molar-refractivity contribution in [2.24, 2.45) is 5.92 Å². The Morgan fingerprint density at radius 2 is 1.97 bits per heavy atom. The molecule has 0 bridgehead atoms. The fraction of sp³-hybridized carbons (Fsp3) is 0.577. The van der Waals surface area contributed by atoms with E-state index in [4.69, 9.17) is 19.3 Å². The summed E-state index contributed by atoms with van der Waals surface area (Å²) in [6.45, 7) is 0.837. The van der Waals surface area contributed by atoms with E-state index in [9.17, 15) is 14.4 Å². The number of aliphatic hydroxyl groups is 1. The third-order valence-electron chi connectivity index (χ3n) is 5.62. The van der Waals surface area contributed by atoms with Gasteiger partial charge in [0.25, 0.3) is 0 Å². The van der Waals surface area contributed by atoms with Gasteiger partial charge in [0.05, 0.1) is 38.4 Å². The second-order valence-electron chi connectivity index (χ2n) is 8.43. The Kier molecular flexibility index (Phi) is 13.7. The lowest BCUT2D eigenvalue weighted by atomic mass is 9.96. The summed E-state index contributed by atoms with van der Waals surface area (Å²) in [4.78, 5) is 38.4. The fourth-order valence-corrected chi connectivity index (χ4v) is 3.83. The van der Waals surface area contributed by atoms with E-state index in [0.717, 1.165) is 18.4 Å². The Morgan fingerprint density at radius 3 is 2.71 bits per heavy atom. The molecule has 2 rings (SSSR count). The highest BCUT2D eigenvalue weighted by Gasteiger charge is 2.31. The van der Waals surface area contributed by atoms with Gasteiger partial charge in [0, 0.05) is 26.5 Å². The van der Waals surface area contributed by atoms with Crippen LogP contribution in [-0.2, 0) is 28.6 Å². The van der Waals surface area contributed by atoms with Gasteiger partial charge in [-0.3, -0.25) is 14.4 Å². The number of rotatable bonds is 10. The van der Waals surface area contributed by atoms with Crippen LogP contribution in [0.2, 0.25) is 0 Å². The number of cyclic esters (lactones) is 1. The predicted octanol–water partition coefficient (Wildman–Crippen LogP) is 2.05. The first-order valence-corrected chi connectivity index (χ1v) is 12.2. The van der Waals surface area contributed by atoms with Crippen LogP contribution in [0.25, 0.3) is 0 Å². The number of nitrogens with one attached hydrogen (secondary N) is 2. The number of esters is 1. The standard InChI is InChI=1S/C26H38N2O7/c1-33-19-22-25(20-10-7-5-8-11-20)35-24(31)13-9-4-2-3-6-12-21(26(32)28-22)18-23(30)27-14-16-34-17-15-29/h3,5-8,10-11,21-22,25,29H,2,4,9,12-19H2,1H3,(H,27,30)(H,28,32). The lowest BCUT2D eigenvalue weighted by molar-refractivity contribution is -0.153. The Hall–Kier alpha value is -2.75. The highest BCUT2D eigenvalue weighted by Crippen LogP contribution is 2.24. The normalized spacial score (nSPS) is 22.1. The Bertz CT molecular complexity index is 800. The van der Waals surface area contributed by atoms with Crippen molar-refractivity contribution in [1.29, 1.82) is 0 Å². The zero-order valence-corrected chi connectivity index (χ0v) is 20.4. The number of carbonyl (C=O) groups is 3. The van der Waals surface area contributed by atoms with E-state index in [1.807, 2.05) is 42.5 Å². The molecule has 0 saturated heterocycles. The molecule has 1 aromatic carbocycles. The minimum Gasteiger partial charge on any atom is -0.455 e. The topological polar surface area (TPSA) is 123 Å². The van der Waals surface area contributed by atoms with Crippen LogP contribution in [0.3, 0.4) is 0 Å². The predicted molar refractivity (Wildman–Crippen MR) is 130 cm³/mol. The summed E-state index contributed by atoms with van der Waals surface area (Å²) in [6.07, 6.45) is 6.22. The average molecular weight is 491 g/mol. The molecule has 1 heterocycles. The average Bonchev–Trinajstić information content (AvgIpc) is 2.85. The van der Waals surface area contributed by atoms with Crippen molar-refractivity contribution >= 4 is 17.8 Å². The minimum atomic E-state index is -0.718. The van der Waals surface area contributed by atoms with Crippen molar-refractivity contribution in [2.75, 3.05) is 40.1 Å². The summed E-state index contributed by atoms with van der Waals surface area (Å²) >= 11 is 0. The molecule has 3 atom stereocenters. The molecule has 1 aliphatic heterocycles. The van der Waals surface area contributed by atoms with Gasteiger partial charge in [-0.25, -0.2) is 0 Å². The number of carbonyl (C=O) groups excluding carboxylic acids is 3. The summed E-state index contributed by atoms with van der Waals surface area (Å²) in [5.74, 6) is -1.49. The molecule has 2 amide bonds. The molecular formula is C26H38N2O7. The number of ether oxygens (including phenoxy) is 3. The molecule has 0 fully saturated rings. The highest BCUT2D eigenvalue weighted by atomic mass is 16.5. The highest BCUT2D eigenvalue weighted by molar-refractivity contribution is 5.86. The van der Waals surface area contributed by atoms with Crippen LogP contribution in [0.5, 0.6) is 0 Å². The molecular weight excluding hydrogens is 452 g/mol. The van der Waals surface area contributed by atoms with E-state index in [-0.39, 0.29) is 50.6 Å². The molecule has 3 unspecified atom stereocenters. The van der Waals surface area contributed by atoms with Gasteiger partial charge in [0.1, 0.15) is 6.10 Å². The van der Waals surface area contributed by atoms with Crippen molar-refractivity contribution in [2.45, 2.75) is 50.7 Å². The molecule has 9 nitrogen and oxygen atoms in total. The number of hydrogen-bond donors (Lipinski definition) is 3. The summed E-state index contributed by atoms with van der Waals surface area (Å²) in [6, 6.07) is 8.65. The first-order valence-electron chi connectivity index (χ1n) is 12.2. The zero-order valence-electron chi connectivity index (χ0n) is 20.4. The van der Waals surface area contributed by atoms with Crippen LogP contribution in [0.4, 0.5) is 0 Å². The smallest absolute Gasteiger partial charge is 0.306 e. The summed E-state index contributed by atoms with van der Waals surface area (Å²) in [7, 11) is 1.52. The van der Waals surface area contributed by atoms with Crippen molar-refractivity contribution in [3.05, 3.63) is 48.0 Å². The first-order chi connectivity index (χ1) is 17.0. The minimum absolute atomic E-state index is 0.00562. The van der Waals surface area contributed by atoms with Crippen molar-refractivity contribution in [1.82, 2.24) is 10.6 Å². The number of aliphatic hydroxyl groups excluding tert-OH is 1. The molecule has 0 spiro atoms. The molecule has 0 radical (unpaired) electrons. The molecule has 0 saturated carbocycles. The third kappa shape index (κ3) is 11.0. The number of benzene rings is 1. The molecule has 194 valence electrons. The van der Waals surface area contributed by atoms with Crippen LogP contribution in [-0.4, -0.2) is 69.0 Å². The van der Waals surface area contributed by atoms with Crippen molar-refractivity contribution < 1.29 is 33.7 Å². The van der Waals surface area contributed by atoms with Gasteiger partial charge in [-0.15, -0.1) is 0 Å². The molecule has 0 aromatic heterocycles. The van der Waals surface area contributed by atoms with E-state index < -0.39 is 18.1 Å². The molecule has 1 aromatic rings. The maximum Gasteiger partial charge on any atom is 0.306 e. The summed E-state index contributed by atoms with van der Waals surface area (Å²) in [5, 5.41) is 14.5. The van der Waals surface area contributed by atoms with Crippen LogP contribution < -0.4 is 10.6 Å². The molecule has 3 N–H and O–H groups in total. The van der Waals surface area contributed by atoms with Gasteiger partial charge in [0.15, 0.2) is 0 Å². The van der Waals surface area contributed by atoms with E-state index in [1.54, 1.807) is 0 Å². The van der Waals surface area contributed by atoms with E-state index in [0.29, 0.717) is 25.8 Å². The van der Waals surface area contributed by atoms with Gasteiger partial charge in [-0.2, -0.15) is 0 Å². The van der Waals surface area contributed by atoms with Crippen LogP contribution >= 0.6 is 0 Å². The zero-order chi connectivity index (χ0) is 25.3. The van der Waals surface area contributed by atoms with E-state index >= 15 is 0 Å². The maximum absolute atomic E-state index is 13.3. The van der Waals surface area contributed by atoms with Gasteiger partial charge in [0.2, 0.25) is 11.8 Å². The Labute approximate surface area is 207 Å². The van der Waals surface area contributed by atoms with Crippen LogP contribution in [0, 0.1) is 5.92 Å². The van der Waals surface area contributed by atoms with Gasteiger partial charge >= 0.3 is 5.97 Å². The third-order valence-corrected chi connectivity index (χ3v) is 5.62. The van der Waals surface area contributed by atoms with Gasteiger partial charge in [-0.1, -0.05) is 42.5 Å². The van der Waals surface area contributed by atoms with Gasteiger partial charge < -0.3 is 30.0 Å². The molecule has 0 aliphatic carbocycles. The second-order valence-corrected chi connectivity index (χ2v) is 8.43. The fourth-order valence-electron chi connectivity index (χ4n) is 3.83. The van der Waals surface area contributed by atoms with Crippen LogP contribution in [0.1, 0.15) is 50.2 Å². The lowest BCUT2D eigenvalue weighted by Gasteiger charge is -2.29. The largest absolute Gasteiger partial charge is 0.455 e. The van der Waals surface area contributed by atoms with Crippen molar-refractivity contribution in [3.63, 3.8) is 0 Å². The first kappa shape index (κ1) is 28.5. The van der Waals surface area contributed by atoms with Gasteiger partial charge in [-0.05, 0) is 31.2 Å². The molecule has 35 heavy (non-hydrogen) atoms. The number of hydrogen-bond acceptors (Lipinski definition) is 7. The summed E-state index contributed by atoms with van der Waals surface area (Å²) in [5.41, 5.74) is 0.757. The monoisotopic (exact) mass is 490 g/mol.